The first-order valence-corrected chi connectivity index (χ1v) is 11.8. The van der Waals surface area contributed by atoms with E-state index in [-0.39, 0.29) is 37.9 Å². The number of carboxylic acids is 2. The summed E-state index contributed by atoms with van der Waals surface area (Å²) < 4.78 is 5.27. The van der Waals surface area contributed by atoms with Crippen molar-refractivity contribution in [1.82, 2.24) is 16.0 Å². The van der Waals surface area contributed by atoms with Crippen LogP contribution >= 0.6 is 0 Å². The Bertz CT molecular complexity index is 1070. The summed E-state index contributed by atoms with van der Waals surface area (Å²) in [5.41, 5.74) is 4.46. The van der Waals surface area contributed by atoms with Crippen molar-refractivity contribution in [2.75, 3.05) is 26.2 Å². The van der Waals surface area contributed by atoms with E-state index in [1.807, 2.05) is 55.5 Å². The number of ether oxygens (including phenoxy) is 1. The molecule has 0 spiro atoms. The fraction of sp³-hybridized carbons (Fsp3) is 0.346. The number of hydrogen-bond donors (Lipinski definition) is 5. The van der Waals surface area contributed by atoms with Gasteiger partial charge >= 0.3 is 18.0 Å². The molecule has 37 heavy (non-hydrogen) atoms. The summed E-state index contributed by atoms with van der Waals surface area (Å²) in [5, 5.41) is 23.6. The van der Waals surface area contributed by atoms with Gasteiger partial charge < -0.3 is 30.9 Å². The molecular formula is C26H31N3O8. The number of carbonyl (C=O) groups is 5. The van der Waals surface area contributed by atoms with Crippen molar-refractivity contribution in [1.29, 1.82) is 0 Å². The fourth-order valence-electron chi connectivity index (χ4n) is 3.66. The van der Waals surface area contributed by atoms with E-state index in [1.54, 1.807) is 0 Å². The number of fused-ring (bicyclic) bond motifs is 3. The minimum atomic E-state index is -1.15. The van der Waals surface area contributed by atoms with Crippen LogP contribution in [-0.2, 0) is 23.9 Å². The van der Waals surface area contributed by atoms with Crippen molar-refractivity contribution < 1.29 is 38.9 Å². The van der Waals surface area contributed by atoms with Crippen LogP contribution in [0.15, 0.2) is 48.5 Å². The van der Waals surface area contributed by atoms with Crippen LogP contribution in [0.5, 0.6) is 0 Å². The maximum absolute atomic E-state index is 11.8. The van der Waals surface area contributed by atoms with Gasteiger partial charge in [0.05, 0.1) is 6.42 Å². The van der Waals surface area contributed by atoms with E-state index in [2.05, 4.69) is 16.0 Å². The predicted octanol–water partition coefficient (Wildman–Crippen LogP) is 2.10. The summed E-state index contributed by atoms with van der Waals surface area (Å²) >= 11 is 0. The predicted molar refractivity (Wildman–Crippen MR) is 134 cm³/mol. The fourth-order valence-corrected chi connectivity index (χ4v) is 3.66. The number of benzene rings is 2. The number of carboxylic acid groups (broad SMARTS) is 2. The summed E-state index contributed by atoms with van der Waals surface area (Å²) in [6.45, 7) is 1.44. The Morgan fingerprint density at radius 3 is 1.89 bits per heavy atom. The second-order valence-electron chi connectivity index (χ2n) is 8.09. The normalized spacial score (nSPS) is 11.2. The van der Waals surface area contributed by atoms with Crippen molar-refractivity contribution in [2.24, 2.45) is 0 Å². The topological polar surface area (TPSA) is 171 Å². The second-order valence-corrected chi connectivity index (χ2v) is 8.09. The Morgan fingerprint density at radius 1 is 0.757 bits per heavy atom. The summed E-state index contributed by atoms with van der Waals surface area (Å²) in [5.74, 6) is -2.77. The SMILES string of the molecule is CCCC(=O)NCCC(=O)O.O=C(O)CNC(=O)CNC(=O)OCC1c2ccccc2-c2ccccc21. The molecule has 0 aliphatic heterocycles. The molecule has 11 heteroatoms. The lowest BCUT2D eigenvalue weighted by molar-refractivity contribution is -0.138. The highest BCUT2D eigenvalue weighted by molar-refractivity contribution is 5.85. The first kappa shape index (κ1) is 28.8. The molecule has 198 valence electrons. The third-order valence-corrected chi connectivity index (χ3v) is 5.31. The average molecular weight is 514 g/mol. The highest BCUT2D eigenvalue weighted by atomic mass is 16.5. The van der Waals surface area contributed by atoms with Crippen LogP contribution in [0.25, 0.3) is 11.1 Å². The monoisotopic (exact) mass is 513 g/mol. The molecule has 0 saturated carbocycles. The molecule has 0 aromatic heterocycles. The number of rotatable bonds is 11. The first-order chi connectivity index (χ1) is 17.7. The van der Waals surface area contributed by atoms with Gasteiger partial charge in [-0.25, -0.2) is 4.79 Å². The molecule has 0 fully saturated rings. The van der Waals surface area contributed by atoms with Gasteiger partial charge in [-0.2, -0.15) is 0 Å². The molecular weight excluding hydrogens is 482 g/mol. The minimum Gasteiger partial charge on any atom is -0.481 e. The Morgan fingerprint density at radius 2 is 1.35 bits per heavy atom. The number of alkyl carbamates (subject to hydrolysis) is 1. The van der Waals surface area contributed by atoms with E-state index in [1.165, 1.54) is 0 Å². The zero-order valence-electron chi connectivity index (χ0n) is 20.5. The van der Waals surface area contributed by atoms with Gasteiger partial charge in [-0.1, -0.05) is 55.5 Å². The molecule has 11 nitrogen and oxygen atoms in total. The van der Waals surface area contributed by atoms with Crippen LogP contribution in [0.3, 0.4) is 0 Å². The van der Waals surface area contributed by atoms with E-state index < -0.39 is 30.5 Å². The average Bonchev–Trinajstić information content (AvgIpc) is 3.19. The molecule has 1 aliphatic rings. The number of nitrogens with one attached hydrogen (secondary N) is 3. The van der Waals surface area contributed by atoms with Gasteiger partial charge in [0.2, 0.25) is 11.8 Å². The number of carbonyl (C=O) groups excluding carboxylic acids is 3. The molecule has 0 bridgehead atoms. The Kier molecular flexibility index (Phi) is 11.6. The molecule has 2 aromatic rings. The number of amides is 3. The van der Waals surface area contributed by atoms with Crippen molar-refractivity contribution in [2.45, 2.75) is 32.1 Å². The molecule has 3 rings (SSSR count). The van der Waals surface area contributed by atoms with Gasteiger partial charge in [0.1, 0.15) is 19.7 Å². The van der Waals surface area contributed by atoms with Gasteiger partial charge in [0, 0.05) is 18.9 Å². The molecule has 0 radical (unpaired) electrons. The van der Waals surface area contributed by atoms with Crippen LogP contribution in [0.1, 0.15) is 43.2 Å². The molecule has 3 amide bonds. The van der Waals surface area contributed by atoms with Crippen molar-refractivity contribution in [3.63, 3.8) is 0 Å². The van der Waals surface area contributed by atoms with Crippen LogP contribution < -0.4 is 16.0 Å². The van der Waals surface area contributed by atoms with Crippen molar-refractivity contribution in [3.8, 4) is 11.1 Å². The van der Waals surface area contributed by atoms with E-state index in [9.17, 15) is 24.0 Å². The van der Waals surface area contributed by atoms with E-state index >= 15 is 0 Å². The van der Waals surface area contributed by atoms with Crippen LogP contribution in [0.2, 0.25) is 0 Å². The third-order valence-electron chi connectivity index (χ3n) is 5.31. The lowest BCUT2D eigenvalue weighted by Crippen LogP contribution is -2.39. The first-order valence-electron chi connectivity index (χ1n) is 11.8. The maximum atomic E-state index is 11.8. The van der Waals surface area contributed by atoms with Crippen molar-refractivity contribution in [3.05, 3.63) is 59.7 Å². The highest BCUT2D eigenvalue weighted by Crippen LogP contribution is 2.44. The van der Waals surface area contributed by atoms with Crippen molar-refractivity contribution >= 4 is 29.8 Å². The van der Waals surface area contributed by atoms with Gasteiger partial charge in [-0.15, -0.1) is 0 Å². The smallest absolute Gasteiger partial charge is 0.407 e. The van der Waals surface area contributed by atoms with Crippen LogP contribution in [-0.4, -0.2) is 66.3 Å². The molecule has 5 N–H and O–H groups in total. The number of aliphatic carboxylic acids is 2. The molecule has 0 heterocycles. The zero-order valence-corrected chi connectivity index (χ0v) is 20.5. The van der Waals surface area contributed by atoms with Gasteiger partial charge in [-0.05, 0) is 28.7 Å². The molecule has 0 unspecified atom stereocenters. The standard InChI is InChI=1S/C19H18N2O5.C7H13NO3/c22-17(20-10-18(23)24)9-21-19(25)26-11-16-14-7-3-1-5-12(14)13-6-2-4-8-15(13)16;1-2-3-6(9)8-5-4-7(10)11/h1-8,16H,9-11H2,(H,20,22)(H,21,25)(H,23,24);2-5H2,1H3,(H,8,9)(H,10,11). The van der Waals surface area contributed by atoms with Gasteiger partial charge in [0.25, 0.3) is 0 Å². The Hall–Kier alpha value is -4.41. The quantitative estimate of drug-likeness (QED) is 0.304. The molecule has 0 atom stereocenters. The van der Waals surface area contributed by atoms with E-state index in [4.69, 9.17) is 14.9 Å². The largest absolute Gasteiger partial charge is 0.481 e. The van der Waals surface area contributed by atoms with E-state index in [0.717, 1.165) is 28.7 Å². The maximum Gasteiger partial charge on any atom is 0.407 e. The Labute approximate surface area is 214 Å². The zero-order chi connectivity index (χ0) is 27.2. The molecule has 2 aromatic carbocycles. The third kappa shape index (κ3) is 9.63. The summed E-state index contributed by atoms with van der Waals surface area (Å²) in [6.07, 6.45) is 0.533. The summed E-state index contributed by atoms with van der Waals surface area (Å²) in [6, 6.07) is 16.0. The molecule has 0 saturated heterocycles. The van der Waals surface area contributed by atoms with Crippen LogP contribution in [0.4, 0.5) is 4.79 Å². The lowest BCUT2D eigenvalue weighted by atomic mass is 9.98. The van der Waals surface area contributed by atoms with E-state index in [0.29, 0.717) is 6.42 Å². The Balaban J connectivity index is 0.000000371. The summed E-state index contributed by atoms with van der Waals surface area (Å²) in [7, 11) is 0. The highest BCUT2D eigenvalue weighted by Gasteiger charge is 2.29. The minimum absolute atomic E-state index is 0.00451. The number of hydrogen-bond acceptors (Lipinski definition) is 6. The summed E-state index contributed by atoms with van der Waals surface area (Å²) in [4.78, 5) is 54.3. The van der Waals surface area contributed by atoms with Gasteiger partial charge in [0.15, 0.2) is 0 Å². The van der Waals surface area contributed by atoms with Gasteiger partial charge in [-0.3, -0.25) is 19.2 Å². The second kappa shape index (κ2) is 14.9. The van der Waals surface area contributed by atoms with Crippen LogP contribution in [0, 0.1) is 0 Å². The lowest BCUT2D eigenvalue weighted by Gasteiger charge is -2.14. The molecule has 1 aliphatic carbocycles.